The molecular formula is C14H22N2O2S. The standard InChI is InChI=1S/C14H22N2O2S/c1-13-10-15(12-14-6-4-3-5-7-14)8-9-16(11-13)19(2,17)18/h3-7,13H,8-12H2,1-2H3. The number of nitrogens with zero attached hydrogens (tertiary/aromatic N) is 2. The third-order valence-electron chi connectivity index (χ3n) is 3.47. The Bertz CT molecular complexity index is 501. The number of hydrogen-bond acceptors (Lipinski definition) is 3. The van der Waals surface area contributed by atoms with Crippen molar-refractivity contribution in [2.75, 3.05) is 32.4 Å². The molecule has 0 N–H and O–H groups in total. The van der Waals surface area contributed by atoms with Gasteiger partial charge in [0.1, 0.15) is 0 Å². The second-order valence-electron chi connectivity index (χ2n) is 5.45. The van der Waals surface area contributed by atoms with Gasteiger partial charge in [0.2, 0.25) is 10.0 Å². The van der Waals surface area contributed by atoms with E-state index in [9.17, 15) is 8.42 Å². The molecule has 1 heterocycles. The lowest BCUT2D eigenvalue weighted by Gasteiger charge is -2.21. The molecule has 106 valence electrons. The van der Waals surface area contributed by atoms with Crippen LogP contribution in [0.4, 0.5) is 0 Å². The first-order valence-electron chi connectivity index (χ1n) is 6.66. The molecule has 0 aromatic heterocycles. The van der Waals surface area contributed by atoms with Crippen molar-refractivity contribution in [2.24, 2.45) is 5.92 Å². The van der Waals surface area contributed by atoms with E-state index in [-0.39, 0.29) is 0 Å². The Morgan fingerprint density at radius 1 is 1.16 bits per heavy atom. The Hall–Kier alpha value is -0.910. The lowest BCUT2D eigenvalue weighted by molar-refractivity contribution is 0.256. The molecule has 0 radical (unpaired) electrons. The first-order chi connectivity index (χ1) is 8.95. The molecule has 19 heavy (non-hydrogen) atoms. The van der Waals surface area contributed by atoms with Gasteiger partial charge in [-0.05, 0) is 11.5 Å². The van der Waals surface area contributed by atoms with Crippen LogP contribution in [0.1, 0.15) is 12.5 Å². The fourth-order valence-corrected chi connectivity index (χ4v) is 3.51. The summed E-state index contributed by atoms with van der Waals surface area (Å²) in [5.41, 5.74) is 1.28. The predicted molar refractivity (Wildman–Crippen MR) is 77.3 cm³/mol. The lowest BCUT2D eigenvalue weighted by Crippen LogP contribution is -2.34. The molecule has 0 saturated carbocycles. The van der Waals surface area contributed by atoms with Gasteiger partial charge in [-0.25, -0.2) is 12.7 Å². The summed E-state index contributed by atoms with van der Waals surface area (Å²) in [5, 5.41) is 0. The van der Waals surface area contributed by atoms with Gasteiger partial charge < -0.3 is 0 Å². The normalized spacial score (nSPS) is 23.2. The highest BCUT2D eigenvalue weighted by Gasteiger charge is 2.25. The minimum absolute atomic E-state index is 0.362. The van der Waals surface area contributed by atoms with Crippen molar-refractivity contribution in [1.29, 1.82) is 0 Å². The molecular weight excluding hydrogens is 260 g/mol. The fraction of sp³-hybridized carbons (Fsp3) is 0.571. The Morgan fingerprint density at radius 2 is 1.84 bits per heavy atom. The quantitative estimate of drug-likeness (QED) is 0.841. The number of benzene rings is 1. The van der Waals surface area contributed by atoms with E-state index in [2.05, 4.69) is 24.0 Å². The van der Waals surface area contributed by atoms with Crippen LogP contribution in [-0.2, 0) is 16.6 Å². The molecule has 0 aliphatic carbocycles. The first kappa shape index (κ1) is 14.5. The molecule has 1 aromatic rings. The van der Waals surface area contributed by atoms with Gasteiger partial charge in [0, 0.05) is 32.7 Å². The van der Waals surface area contributed by atoms with Crippen LogP contribution in [0.15, 0.2) is 30.3 Å². The summed E-state index contributed by atoms with van der Waals surface area (Å²) in [6.45, 7) is 5.97. The maximum absolute atomic E-state index is 11.7. The van der Waals surface area contributed by atoms with Crippen LogP contribution in [0, 0.1) is 5.92 Å². The summed E-state index contributed by atoms with van der Waals surface area (Å²) < 4.78 is 24.9. The van der Waals surface area contributed by atoms with Crippen LogP contribution in [0.5, 0.6) is 0 Å². The maximum Gasteiger partial charge on any atom is 0.211 e. The zero-order chi connectivity index (χ0) is 13.9. The number of rotatable bonds is 3. The zero-order valence-corrected chi connectivity index (χ0v) is 12.4. The Morgan fingerprint density at radius 3 is 2.47 bits per heavy atom. The van der Waals surface area contributed by atoms with Gasteiger partial charge in [-0.15, -0.1) is 0 Å². The van der Waals surface area contributed by atoms with Crippen molar-refractivity contribution >= 4 is 10.0 Å². The van der Waals surface area contributed by atoms with Crippen molar-refractivity contribution < 1.29 is 8.42 Å². The second kappa shape index (κ2) is 6.03. The lowest BCUT2D eigenvalue weighted by atomic mass is 10.1. The summed E-state index contributed by atoms with van der Waals surface area (Å²) in [6, 6.07) is 10.3. The molecule has 2 rings (SSSR count). The van der Waals surface area contributed by atoms with E-state index in [1.165, 1.54) is 11.8 Å². The van der Waals surface area contributed by atoms with Gasteiger partial charge in [-0.2, -0.15) is 0 Å². The molecule has 0 spiro atoms. The molecule has 1 fully saturated rings. The molecule has 0 amide bonds. The molecule has 1 aromatic carbocycles. The smallest absolute Gasteiger partial charge is 0.211 e. The summed E-state index contributed by atoms with van der Waals surface area (Å²) >= 11 is 0. The number of hydrogen-bond donors (Lipinski definition) is 0. The molecule has 1 aliphatic rings. The molecule has 1 saturated heterocycles. The van der Waals surface area contributed by atoms with E-state index >= 15 is 0 Å². The van der Waals surface area contributed by atoms with Crippen LogP contribution in [0.2, 0.25) is 0 Å². The summed E-state index contributed by atoms with van der Waals surface area (Å²) in [7, 11) is -3.07. The van der Waals surface area contributed by atoms with E-state index in [0.717, 1.165) is 19.6 Å². The highest BCUT2D eigenvalue weighted by molar-refractivity contribution is 7.88. The summed E-state index contributed by atoms with van der Waals surface area (Å²) in [4.78, 5) is 2.34. The van der Waals surface area contributed by atoms with Crippen LogP contribution in [0.3, 0.4) is 0 Å². The SMILES string of the molecule is CC1CN(Cc2ccccc2)CCN(S(C)(=O)=O)C1. The van der Waals surface area contributed by atoms with Crippen molar-refractivity contribution in [1.82, 2.24) is 9.21 Å². The summed E-state index contributed by atoms with van der Waals surface area (Å²) in [6.07, 6.45) is 1.30. The van der Waals surface area contributed by atoms with Crippen molar-refractivity contribution in [3.63, 3.8) is 0 Å². The van der Waals surface area contributed by atoms with Gasteiger partial charge in [-0.3, -0.25) is 4.90 Å². The van der Waals surface area contributed by atoms with Gasteiger partial charge in [0.15, 0.2) is 0 Å². The molecule has 4 nitrogen and oxygen atoms in total. The monoisotopic (exact) mass is 282 g/mol. The molecule has 0 bridgehead atoms. The van der Waals surface area contributed by atoms with E-state index in [0.29, 0.717) is 19.0 Å². The summed E-state index contributed by atoms with van der Waals surface area (Å²) in [5.74, 6) is 0.362. The van der Waals surface area contributed by atoms with Crippen molar-refractivity contribution in [3.8, 4) is 0 Å². The van der Waals surface area contributed by atoms with Crippen LogP contribution < -0.4 is 0 Å². The zero-order valence-electron chi connectivity index (χ0n) is 11.6. The minimum atomic E-state index is -3.07. The van der Waals surface area contributed by atoms with E-state index in [1.807, 2.05) is 18.2 Å². The van der Waals surface area contributed by atoms with E-state index in [1.54, 1.807) is 4.31 Å². The van der Waals surface area contributed by atoms with Crippen LogP contribution >= 0.6 is 0 Å². The Balaban J connectivity index is 2.01. The third-order valence-corrected chi connectivity index (χ3v) is 4.74. The van der Waals surface area contributed by atoms with Crippen LogP contribution in [-0.4, -0.2) is 50.1 Å². The largest absolute Gasteiger partial charge is 0.297 e. The Kier molecular flexibility index (Phi) is 4.60. The number of sulfonamides is 1. The Labute approximate surface area is 116 Å². The van der Waals surface area contributed by atoms with Crippen molar-refractivity contribution in [3.05, 3.63) is 35.9 Å². The molecule has 5 heteroatoms. The van der Waals surface area contributed by atoms with E-state index < -0.39 is 10.0 Å². The van der Waals surface area contributed by atoms with Gasteiger partial charge in [-0.1, -0.05) is 37.3 Å². The molecule has 1 aliphatic heterocycles. The third kappa shape index (κ3) is 4.30. The average molecular weight is 282 g/mol. The van der Waals surface area contributed by atoms with Gasteiger partial charge in [0.05, 0.1) is 6.26 Å². The average Bonchev–Trinajstić information content (AvgIpc) is 2.51. The predicted octanol–water partition coefficient (Wildman–Crippen LogP) is 1.40. The van der Waals surface area contributed by atoms with E-state index in [4.69, 9.17) is 0 Å². The molecule has 1 atom stereocenters. The minimum Gasteiger partial charge on any atom is -0.297 e. The topological polar surface area (TPSA) is 40.6 Å². The highest BCUT2D eigenvalue weighted by Crippen LogP contribution is 2.14. The van der Waals surface area contributed by atoms with Crippen molar-refractivity contribution in [2.45, 2.75) is 13.5 Å². The second-order valence-corrected chi connectivity index (χ2v) is 7.43. The first-order valence-corrected chi connectivity index (χ1v) is 8.51. The van der Waals surface area contributed by atoms with Gasteiger partial charge >= 0.3 is 0 Å². The van der Waals surface area contributed by atoms with Gasteiger partial charge in [0.25, 0.3) is 0 Å². The highest BCUT2D eigenvalue weighted by atomic mass is 32.2. The molecule has 1 unspecified atom stereocenters. The van der Waals surface area contributed by atoms with Crippen LogP contribution in [0.25, 0.3) is 0 Å². The maximum atomic E-state index is 11.7. The fourth-order valence-electron chi connectivity index (χ4n) is 2.57.